The minimum absolute atomic E-state index is 0.111. The maximum absolute atomic E-state index is 11.4. The quantitative estimate of drug-likeness (QED) is 0.678. The van der Waals surface area contributed by atoms with E-state index < -0.39 is 10.0 Å². The number of rotatable bonds is 5. The Labute approximate surface area is 96.4 Å². The molecule has 0 aromatic carbocycles. The predicted octanol–water partition coefficient (Wildman–Crippen LogP) is 0.151. The summed E-state index contributed by atoms with van der Waals surface area (Å²) in [7, 11) is -3.20. The monoisotopic (exact) mass is 246 g/mol. The van der Waals surface area contributed by atoms with Crippen molar-refractivity contribution in [2.75, 3.05) is 12.8 Å². The molecule has 1 aliphatic rings. The summed E-state index contributed by atoms with van der Waals surface area (Å²) in [5.74, 6) is -0.118. The normalized spacial score (nSPS) is 20.7. The fourth-order valence-electron chi connectivity index (χ4n) is 1.56. The summed E-state index contributed by atoms with van der Waals surface area (Å²) in [5.41, 5.74) is 0. The third-order valence-electron chi connectivity index (χ3n) is 2.32. The topological polar surface area (TPSA) is 75.3 Å². The van der Waals surface area contributed by atoms with Crippen molar-refractivity contribution in [3.05, 3.63) is 12.2 Å². The summed E-state index contributed by atoms with van der Waals surface area (Å²) < 4.78 is 23.8. The molecule has 2 N–H and O–H groups in total. The number of sulfonamides is 1. The highest BCUT2D eigenvalue weighted by molar-refractivity contribution is 7.88. The van der Waals surface area contributed by atoms with Crippen LogP contribution in [0.15, 0.2) is 12.2 Å². The largest absolute Gasteiger partial charge is 0.350 e. The van der Waals surface area contributed by atoms with Gasteiger partial charge in [0.25, 0.3) is 0 Å². The van der Waals surface area contributed by atoms with Crippen LogP contribution < -0.4 is 10.0 Å². The van der Waals surface area contributed by atoms with Crippen molar-refractivity contribution < 1.29 is 13.2 Å². The van der Waals surface area contributed by atoms with Crippen molar-refractivity contribution >= 4 is 15.9 Å². The molecule has 1 amide bonds. The van der Waals surface area contributed by atoms with E-state index in [0.717, 1.165) is 25.5 Å². The summed E-state index contributed by atoms with van der Waals surface area (Å²) in [6.45, 7) is 0.154. The highest BCUT2D eigenvalue weighted by atomic mass is 32.2. The molecule has 0 aromatic rings. The summed E-state index contributed by atoms with van der Waals surface area (Å²) in [6.07, 6.45) is 8.42. The van der Waals surface area contributed by atoms with Gasteiger partial charge in [0.05, 0.1) is 6.26 Å². The zero-order chi connectivity index (χ0) is 12.0. The van der Waals surface area contributed by atoms with Crippen LogP contribution in [-0.2, 0) is 14.8 Å². The van der Waals surface area contributed by atoms with Crippen LogP contribution in [0.5, 0.6) is 0 Å². The molecule has 0 saturated heterocycles. The van der Waals surface area contributed by atoms with Crippen molar-refractivity contribution in [3.63, 3.8) is 0 Å². The first kappa shape index (κ1) is 13.2. The van der Waals surface area contributed by atoms with E-state index in [4.69, 9.17) is 0 Å². The van der Waals surface area contributed by atoms with E-state index in [0.29, 0.717) is 0 Å². The molecule has 0 saturated carbocycles. The van der Waals surface area contributed by atoms with Crippen LogP contribution in [0, 0.1) is 0 Å². The van der Waals surface area contributed by atoms with Crippen molar-refractivity contribution in [2.24, 2.45) is 0 Å². The Morgan fingerprint density at radius 3 is 2.81 bits per heavy atom. The van der Waals surface area contributed by atoms with Gasteiger partial charge in [-0.2, -0.15) is 0 Å². The van der Waals surface area contributed by atoms with Crippen molar-refractivity contribution in [2.45, 2.75) is 31.7 Å². The first-order valence-corrected chi connectivity index (χ1v) is 7.27. The lowest BCUT2D eigenvalue weighted by molar-refractivity contribution is -0.121. The molecule has 0 bridgehead atoms. The average Bonchev–Trinajstić information content (AvgIpc) is 2.17. The molecule has 0 aliphatic heterocycles. The molecule has 0 aromatic heterocycles. The lowest BCUT2D eigenvalue weighted by Gasteiger charge is -2.17. The second kappa shape index (κ2) is 6.00. The Morgan fingerprint density at radius 2 is 2.25 bits per heavy atom. The second-order valence-electron chi connectivity index (χ2n) is 3.95. The zero-order valence-corrected chi connectivity index (χ0v) is 10.2. The summed E-state index contributed by atoms with van der Waals surface area (Å²) >= 11 is 0. The van der Waals surface area contributed by atoms with Crippen molar-refractivity contribution in [1.82, 2.24) is 10.0 Å². The predicted molar refractivity (Wildman–Crippen MR) is 62.4 cm³/mol. The Hall–Kier alpha value is -0.880. The molecule has 5 nitrogen and oxygen atoms in total. The van der Waals surface area contributed by atoms with Crippen LogP contribution in [0.2, 0.25) is 0 Å². The number of carbonyl (C=O) groups excluding carboxylic acids is 1. The van der Waals surface area contributed by atoms with E-state index >= 15 is 0 Å². The molecular weight excluding hydrogens is 228 g/mol. The van der Waals surface area contributed by atoms with Gasteiger partial charge in [0.2, 0.25) is 15.9 Å². The first-order valence-electron chi connectivity index (χ1n) is 5.38. The van der Waals surface area contributed by atoms with Crippen LogP contribution >= 0.6 is 0 Å². The molecule has 0 fully saturated rings. The number of hydrogen-bond donors (Lipinski definition) is 2. The summed E-state index contributed by atoms with van der Waals surface area (Å²) in [5, 5.41) is 2.84. The second-order valence-corrected chi connectivity index (χ2v) is 5.78. The highest BCUT2D eigenvalue weighted by Gasteiger charge is 2.11. The van der Waals surface area contributed by atoms with E-state index in [1.165, 1.54) is 0 Å². The van der Waals surface area contributed by atoms with Crippen molar-refractivity contribution in [1.29, 1.82) is 0 Å². The summed E-state index contributed by atoms with van der Waals surface area (Å²) in [4.78, 5) is 11.4. The molecule has 0 heterocycles. The standard InChI is InChI=1S/C10H18N2O3S/c1-16(14,15)11-8-7-10(13)12-9-5-3-2-4-6-9/h3,5,9,11H,2,4,6-8H2,1H3,(H,12,13). The Balaban J connectivity index is 2.20. The van der Waals surface area contributed by atoms with Gasteiger partial charge in [0.15, 0.2) is 0 Å². The number of carbonyl (C=O) groups is 1. The van der Waals surface area contributed by atoms with Crippen LogP contribution in [0.4, 0.5) is 0 Å². The molecule has 1 aliphatic carbocycles. The average molecular weight is 246 g/mol. The Kier molecular flexibility index (Phi) is 4.95. The number of amides is 1. The maximum atomic E-state index is 11.4. The van der Waals surface area contributed by atoms with Gasteiger partial charge in [-0.15, -0.1) is 0 Å². The molecule has 92 valence electrons. The molecule has 1 unspecified atom stereocenters. The van der Waals surface area contributed by atoms with E-state index in [1.807, 2.05) is 6.08 Å². The maximum Gasteiger partial charge on any atom is 0.221 e. The molecule has 0 radical (unpaired) electrons. The van der Waals surface area contributed by atoms with Crippen LogP contribution in [0.25, 0.3) is 0 Å². The minimum atomic E-state index is -3.20. The van der Waals surface area contributed by atoms with Gasteiger partial charge in [-0.1, -0.05) is 12.2 Å². The molecule has 1 rings (SSSR count). The zero-order valence-electron chi connectivity index (χ0n) is 9.40. The minimum Gasteiger partial charge on any atom is -0.350 e. The lowest BCUT2D eigenvalue weighted by atomic mass is 10.0. The first-order chi connectivity index (χ1) is 7.47. The SMILES string of the molecule is CS(=O)(=O)NCCC(=O)NC1C=CCCC1. The Morgan fingerprint density at radius 1 is 1.50 bits per heavy atom. The van der Waals surface area contributed by atoms with Crippen molar-refractivity contribution in [3.8, 4) is 0 Å². The third kappa shape index (κ3) is 5.87. The van der Waals surface area contributed by atoms with Crippen LogP contribution in [0.1, 0.15) is 25.7 Å². The fraction of sp³-hybridized carbons (Fsp3) is 0.700. The van der Waals surface area contributed by atoms with E-state index in [-0.39, 0.29) is 24.9 Å². The van der Waals surface area contributed by atoms with E-state index in [2.05, 4.69) is 16.1 Å². The molecule has 16 heavy (non-hydrogen) atoms. The van der Waals surface area contributed by atoms with Crippen LogP contribution in [-0.4, -0.2) is 33.2 Å². The third-order valence-corrected chi connectivity index (χ3v) is 3.05. The van der Waals surface area contributed by atoms with Gasteiger partial charge in [0, 0.05) is 19.0 Å². The van der Waals surface area contributed by atoms with Gasteiger partial charge in [-0.3, -0.25) is 4.79 Å². The molecular formula is C10H18N2O3S. The van der Waals surface area contributed by atoms with Crippen LogP contribution in [0.3, 0.4) is 0 Å². The van der Waals surface area contributed by atoms with Gasteiger partial charge in [0.1, 0.15) is 0 Å². The fourth-order valence-corrected chi connectivity index (χ4v) is 2.03. The summed E-state index contributed by atoms with van der Waals surface area (Å²) in [6, 6.07) is 0.111. The van der Waals surface area contributed by atoms with Gasteiger partial charge < -0.3 is 5.32 Å². The van der Waals surface area contributed by atoms with Gasteiger partial charge in [-0.05, 0) is 19.3 Å². The molecule has 1 atom stereocenters. The van der Waals surface area contributed by atoms with E-state index in [1.54, 1.807) is 0 Å². The molecule has 6 heteroatoms. The molecule has 0 spiro atoms. The van der Waals surface area contributed by atoms with E-state index in [9.17, 15) is 13.2 Å². The van der Waals surface area contributed by atoms with Gasteiger partial charge in [-0.25, -0.2) is 13.1 Å². The lowest BCUT2D eigenvalue weighted by Crippen LogP contribution is -2.36. The highest BCUT2D eigenvalue weighted by Crippen LogP contribution is 2.09. The Bertz CT molecular complexity index is 362. The number of nitrogens with one attached hydrogen (secondary N) is 2. The number of hydrogen-bond acceptors (Lipinski definition) is 3. The number of allylic oxidation sites excluding steroid dienone is 1. The van der Waals surface area contributed by atoms with Gasteiger partial charge >= 0.3 is 0 Å². The smallest absolute Gasteiger partial charge is 0.221 e.